The predicted molar refractivity (Wildman–Crippen MR) is 142 cm³/mol. The van der Waals surface area contributed by atoms with Crippen LogP contribution in [0, 0.1) is 12.3 Å². The Morgan fingerprint density at radius 1 is 1.25 bits per heavy atom. The van der Waals surface area contributed by atoms with Crippen LogP contribution in [0.25, 0.3) is 0 Å². The lowest BCUT2D eigenvalue weighted by molar-refractivity contribution is -0.121. The van der Waals surface area contributed by atoms with Crippen LogP contribution in [0.1, 0.15) is 57.2 Å². The summed E-state index contributed by atoms with van der Waals surface area (Å²) in [5.41, 5.74) is 2.08. The minimum Gasteiger partial charge on any atom is -0.393 e. The zero-order valence-electron chi connectivity index (χ0n) is 22.5. The maximum Gasteiger partial charge on any atom is 0.239 e. The molecule has 2 N–H and O–H groups in total. The highest BCUT2D eigenvalue weighted by atomic mass is 28.3. The van der Waals surface area contributed by atoms with E-state index in [1.165, 1.54) is 0 Å². The Morgan fingerprint density at radius 3 is 2.67 bits per heavy atom. The van der Waals surface area contributed by atoms with Crippen molar-refractivity contribution in [1.82, 2.24) is 19.7 Å². The van der Waals surface area contributed by atoms with Gasteiger partial charge in [0.2, 0.25) is 11.9 Å². The Kier molecular flexibility index (Phi) is 6.28. The molecule has 1 spiro atoms. The highest BCUT2D eigenvalue weighted by molar-refractivity contribution is 6.76. The summed E-state index contributed by atoms with van der Waals surface area (Å²) in [5.74, 6) is 1.27. The lowest BCUT2D eigenvalue weighted by Gasteiger charge is -2.41. The Labute approximate surface area is 214 Å². The van der Waals surface area contributed by atoms with Crippen molar-refractivity contribution < 1.29 is 14.6 Å². The van der Waals surface area contributed by atoms with Gasteiger partial charge in [-0.05, 0) is 50.5 Å². The van der Waals surface area contributed by atoms with Crippen molar-refractivity contribution in [2.75, 3.05) is 16.8 Å². The van der Waals surface area contributed by atoms with Crippen molar-refractivity contribution in [3.63, 3.8) is 0 Å². The van der Waals surface area contributed by atoms with Crippen LogP contribution >= 0.6 is 0 Å². The van der Waals surface area contributed by atoms with Crippen molar-refractivity contribution in [3.05, 3.63) is 23.7 Å². The number of hydrogen-bond acceptors (Lipinski definition) is 7. The fourth-order valence-corrected chi connectivity index (χ4v) is 6.50. The molecule has 0 bridgehead atoms. The lowest BCUT2D eigenvalue weighted by atomic mass is 9.73. The van der Waals surface area contributed by atoms with Gasteiger partial charge in [0.1, 0.15) is 12.5 Å². The van der Waals surface area contributed by atoms with Crippen molar-refractivity contribution in [2.45, 2.75) is 103 Å². The molecule has 2 aromatic rings. The van der Waals surface area contributed by atoms with E-state index in [0.717, 1.165) is 55.3 Å². The van der Waals surface area contributed by atoms with Gasteiger partial charge < -0.3 is 15.2 Å². The van der Waals surface area contributed by atoms with E-state index in [4.69, 9.17) is 9.72 Å². The minimum absolute atomic E-state index is 0.0287. The molecule has 2 aromatic heterocycles. The number of fused-ring (bicyclic) bond motifs is 2. The molecule has 2 saturated carbocycles. The van der Waals surface area contributed by atoms with Gasteiger partial charge in [0, 0.05) is 32.5 Å². The zero-order chi connectivity index (χ0) is 25.9. The standard InChI is InChI=1S/C26H40N6O3Si/c1-17-21(15-31(30-17)16-35-9-10-36(4,5)6)28-24-27-14-20-22(29-24)32(23(34)26(20)7-8-26)18-11-19(33)13-25(2,3)12-18/h14-15,18-19,33H,7-13,16H2,1-6H3,(H,27,28,29)/t18-,19-/m0/s1. The monoisotopic (exact) mass is 512 g/mol. The molecule has 196 valence electrons. The van der Waals surface area contributed by atoms with E-state index in [1.54, 1.807) is 4.68 Å². The van der Waals surface area contributed by atoms with E-state index in [1.807, 2.05) is 24.2 Å². The van der Waals surface area contributed by atoms with Crippen LogP contribution in [0.3, 0.4) is 0 Å². The molecule has 36 heavy (non-hydrogen) atoms. The van der Waals surface area contributed by atoms with Crippen molar-refractivity contribution in [1.29, 1.82) is 0 Å². The van der Waals surface area contributed by atoms with E-state index in [-0.39, 0.29) is 17.4 Å². The van der Waals surface area contributed by atoms with Crippen molar-refractivity contribution in [3.8, 4) is 0 Å². The molecule has 2 aliphatic carbocycles. The lowest BCUT2D eigenvalue weighted by Crippen LogP contribution is -2.48. The molecule has 0 radical (unpaired) electrons. The number of carbonyl (C=O) groups is 1. The number of hydrogen-bond donors (Lipinski definition) is 2. The molecule has 3 aliphatic rings. The normalized spacial score (nSPS) is 24.3. The molecule has 1 amide bonds. The average Bonchev–Trinajstić information content (AvgIpc) is 3.43. The number of ether oxygens (including phenoxy) is 1. The van der Waals surface area contributed by atoms with Gasteiger partial charge in [-0.3, -0.25) is 9.69 Å². The van der Waals surface area contributed by atoms with Crippen molar-refractivity contribution >= 4 is 31.4 Å². The fourth-order valence-electron chi connectivity index (χ4n) is 5.74. The third-order valence-corrected chi connectivity index (χ3v) is 9.49. The summed E-state index contributed by atoms with van der Waals surface area (Å²) in [7, 11) is -1.13. The smallest absolute Gasteiger partial charge is 0.239 e. The van der Waals surface area contributed by atoms with Crippen LogP contribution < -0.4 is 10.2 Å². The molecule has 2 atom stereocenters. The maximum absolute atomic E-state index is 13.6. The van der Waals surface area contributed by atoms with Crippen LogP contribution in [-0.4, -0.2) is 57.6 Å². The zero-order valence-corrected chi connectivity index (χ0v) is 23.5. The Hall–Kier alpha value is -2.30. The molecule has 0 aromatic carbocycles. The maximum atomic E-state index is 13.6. The third kappa shape index (κ3) is 4.95. The second kappa shape index (κ2) is 8.92. The molecule has 0 unspecified atom stereocenters. The number of nitrogens with zero attached hydrogens (tertiary/aromatic N) is 5. The highest BCUT2D eigenvalue weighted by Crippen LogP contribution is 2.58. The summed E-state index contributed by atoms with van der Waals surface area (Å²) in [6, 6.07) is 1.06. The number of nitrogens with one attached hydrogen (secondary N) is 1. The molecular weight excluding hydrogens is 472 g/mol. The van der Waals surface area contributed by atoms with Gasteiger partial charge in [-0.1, -0.05) is 33.5 Å². The number of aliphatic hydroxyl groups is 1. The summed E-state index contributed by atoms with van der Waals surface area (Å²) in [5, 5.41) is 18.4. The first kappa shape index (κ1) is 25.4. The first-order valence-electron chi connectivity index (χ1n) is 13.2. The van der Waals surface area contributed by atoms with Crippen LogP contribution in [0.2, 0.25) is 25.7 Å². The van der Waals surface area contributed by atoms with Gasteiger partial charge in [-0.2, -0.15) is 10.1 Å². The van der Waals surface area contributed by atoms with Gasteiger partial charge in [0.25, 0.3) is 0 Å². The molecule has 1 aliphatic heterocycles. The highest BCUT2D eigenvalue weighted by Gasteiger charge is 2.62. The van der Waals surface area contributed by atoms with Gasteiger partial charge in [0.05, 0.1) is 29.1 Å². The molecule has 0 saturated heterocycles. The topological polar surface area (TPSA) is 105 Å². The number of amides is 1. The van der Waals surface area contributed by atoms with Crippen LogP contribution in [0.15, 0.2) is 12.4 Å². The largest absolute Gasteiger partial charge is 0.393 e. The van der Waals surface area contributed by atoms with Crippen LogP contribution in [0.5, 0.6) is 0 Å². The average molecular weight is 513 g/mol. The molecule has 3 heterocycles. The van der Waals surface area contributed by atoms with E-state index in [9.17, 15) is 9.90 Å². The number of aliphatic hydroxyl groups excluding tert-OH is 1. The molecule has 9 nitrogen and oxygen atoms in total. The summed E-state index contributed by atoms with van der Waals surface area (Å²) in [6.45, 7) is 14.4. The van der Waals surface area contributed by atoms with Gasteiger partial charge in [-0.15, -0.1) is 0 Å². The first-order chi connectivity index (χ1) is 16.9. The number of rotatable bonds is 8. The summed E-state index contributed by atoms with van der Waals surface area (Å²) in [4.78, 5) is 24.9. The van der Waals surface area contributed by atoms with E-state index < -0.39 is 19.6 Å². The van der Waals surface area contributed by atoms with Crippen LogP contribution in [0.4, 0.5) is 17.5 Å². The SMILES string of the molecule is Cc1nn(COCC[Si](C)(C)C)cc1Nc1ncc2c(n1)N([C@H]1C[C@H](O)CC(C)(C)C1)C(=O)C21CC1. The molecule has 5 rings (SSSR count). The van der Waals surface area contributed by atoms with E-state index in [0.29, 0.717) is 24.9 Å². The van der Waals surface area contributed by atoms with E-state index >= 15 is 0 Å². The Morgan fingerprint density at radius 2 is 2.00 bits per heavy atom. The Balaban J connectivity index is 1.34. The number of aromatic nitrogens is 4. The summed E-state index contributed by atoms with van der Waals surface area (Å²) < 4.78 is 7.62. The van der Waals surface area contributed by atoms with Gasteiger partial charge >= 0.3 is 0 Å². The van der Waals surface area contributed by atoms with E-state index in [2.05, 4.69) is 48.9 Å². The van der Waals surface area contributed by atoms with Crippen molar-refractivity contribution in [2.24, 2.45) is 5.41 Å². The fraction of sp³-hybridized carbons (Fsp3) is 0.692. The second-order valence-corrected chi connectivity index (χ2v) is 18.6. The molecule has 2 fully saturated rings. The number of carbonyl (C=O) groups excluding carboxylic acids is 1. The number of anilines is 3. The third-order valence-electron chi connectivity index (χ3n) is 7.79. The number of aryl methyl sites for hydroxylation is 1. The van der Waals surface area contributed by atoms with Gasteiger partial charge in [0.15, 0.2) is 0 Å². The van der Waals surface area contributed by atoms with Crippen LogP contribution in [-0.2, 0) is 21.7 Å². The molecule has 10 heteroatoms. The summed E-state index contributed by atoms with van der Waals surface area (Å²) in [6.07, 6.45) is 7.19. The summed E-state index contributed by atoms with van der Waals surface area (Å²) >= 11 is 0. The first-order valence-corrected chi connectivity index (χ1v) is 16.9. The molecular formula is C26H40N6O3Si. The van der Waals surface area contributed by atoms with Gasteiger partial charge in [-0.25, -0.2) is 9.67 Å². The second-order valence-electron chi connectivity index (χ2n) is 12.9. The quantitative estimate of drug-likeness (QED) is 0.400. The minimum atomic E-state index is -1.13. The predicted octanol–water partition coefficient (Wildman–Crippen LogP) is 4.36. The Bertz CT molecular complexity index is 1150.